The van der Waals surface area contributed by atoms with E-state index in [9.17, 15) is 0 Å². The molecule has 0 aliphatic carbocycles. The third kappa shape index (κ3) is 2.17. The molecule has 0 amide bonds. The van der Waals surface area contributed by atoms with Gasteiger partial charge in [0.15, 0.2) is 0 Å². The summed E-state index contributed by atoms with van der Waals surface area (Å²) in [6, 6.07) is 16.4. The second-order valence-corrected chi connectivity index (χ2v) is 4.85. The monoisotopic (exact) mass is 266 g/mol. The van der Waals surface area contributed by atoms with Gasteiger partial charge in [-0.15, -0.1) is 0 Å². The lowest BCUT2D eigenvalue weighted by Crippen LogP contribution is -2.13. The van der Waals surface area contributed by atoms with Crippen LogP contribution in [-0.4, -0.2) is 18.6 Å². The van der Waals surface area contributed by atoms with E-state index in [1.54, 1.807) is 7.11 Å². The fraction of sp³-hybridized carbons (Fsp3) is 0.176. The molecule has 0 aliphatic heterocycles. The minimum atomic E-state index is 0.168. The van der Waals surface area contributed by atoms with Crippen LogP contribution >= 0.6 is 0 Å². The molecule has 0 radical (unpaired) electrons. The zero-order valence-corrected chi connectivity index (χ0v) is 11.5. The Kier molecular flexibility index (Phi) is 3.44. The van der Waals surface area contributed by atoms with Crippen LogP contribution in [0.5, 0.6) is 5.75 Å². The normalized spacial score (nSPS) is 12.5. The zero-order valence-electron chi connectivity index (χ0n) is 11.5. The van der Waals surface area contributed by atoms with Crippen molar-refractivity contribution in [3.8, 4) is 5.75 Å². The van der Waals surface area contributed by atoms with E-state index in [0.717, 1.165) is 11.3 Å². The first-order valence-electron chi connectivity index (χ1n) is 6.73. The first kappa shape index (κ1) is 12.8. The minimum Gasteiger partial charge on any atom is -0.497 e. The molecule has 0 bridgehead atoms. The van der Waals surface area contributed by atoms with Crippen molar-refractivity contribution in [1.82, 2.24) is 4.98 Å². The van der Waals surface area contributed by atoms with E-state index in [0.29, 0.717) is 6.54 Å². The number of aromatic amines is 1. The molecule has 0 aliphatic rings. The quantitative estimate of drug-likeness (QED) is 0.761. The number of nitrogens with one attached hydrogen (secondary N) is 1. The Balaban J connectivity index is 2.09. The molecule has 3 N–H and O–H groups in total. The van der Waals surface area contributed by atoms with Gasteiger partial charge in [-0.2, -0.15) is 0 Å². The van der Waals surface area contributed by atoms with Crippen molar-refractivity contribution in [2.75, 3.05) is 13.7 Å². The van der Waals surface area contributed by atoms with Gasteiger partial charge in [0.05, 0.1) is 7.11 Å². The third-order valence-electron chi connectivity index (χ3n) is 3.73. The number of hydrogen-bond donors (Lipinski definition) is 2. The van der Waals surface area contributed by atoms with Crippen molar-refractivity contribution in [3.63, 3.8) is 0 Å². The third-order valence-corrected chi connectivity index (χ3v) is 3.73. The molecule has 102 valence electrons. The van der Waals surface area contributed by atoms with Crippen molar-refractivity contribution < 1.29 is 4.74 Å². The number of nitrogens with two attached hydrogens (primary N) is 1. The highest BCUT2D eigenvalue weighted by Gasteiger charge is 2.16. The molecule has 0 saturated heterocycles. The molecule has 0 fully saturated rings. The summed E-state index contributed by atoms with van der Waals surface area (Å²) in [5, 5.41) is 1.23. The number of benzene rings is 2. The number of aromatic nitrogens is 1. The fourth-order valence-corrected chi connectivity index (χ4v) is 2.68. The van der Waals surface area contributed by atoms with Crippen LogP contribution in [0.25, 0.3) is 10.9 Å². The van der Waals surface area contributed by atoms with Crippen LogP contribution in [0.2, 0.25) is 0 Å². The van der Waals surface area contributed by atoms with Crippen LogP contribution in [-0.2, 0) is 0 Å². The first-order valence-corrected chi connectivity index (χ1v) is 6.73. The predicted octanol–water partition coefficient (Wildman–Crippen LogP) is 3.27. The molecule has 3 rings (SSSR count). The van der Waals surface area contributed by atoms with Crippen molar-refractivity contribution in [3.05, 3.63) is 65.9 Å². The van der Waals surface area contributed by atoms with Crippen LogP contribution < -0.4 is 10.5 Å². The summed E-state index contributed by atoms with van der Waals surface area (Å²) >= 11 is 0. The van der Waals surface area contributed by atoms with E-state index in [1.165, 1.54) is 16.5 Å². The Hall–Kier alpha value is -2.26. The molecule has 3 aromatic rings. The molecule has 3 nitrogen and oxygen atoms in total. The summed E-state index contributed by atoms with van der Waals surface area (Å²) in [5.41, 5.74) is 9.58. The molecule has 2 aromatic carbocycles. The molecular weight excluding hydrogens is 248 g/mol. The summed E-state index contributed by atoms with van der Waals surface area (Å²) in [5.74, 6) is 1.03. The summed E-state index contributed by atoms with van der Waals surface area (Å²) in [6.07, 6.45) is 2.06. The van der Waals surface area contributed by atoms with E-state index in [-0.39, 0.29) is 5.92 Å². The van der Waals surface area contributed by atoms with Gasteiger partial charge in [0.2, 0.25) is 0 Å². The van der Waals surface area contributed by atoms with Crippen molar-refractivity contribution >= 4 is 10.9 Å². The van der Waals surface area contributed by atoms with Crippen LogP contribution in [0.1, 0.15) is 17.0 Å². The molecule has 1 heterocycles. The SMILES string of the molecule is COc1cccc([C@H](CN)c2c[nH]c3ccccc23)c1. The van der Waals surface area contributed by atoms with Gasteiger partial charge in [-0.3, -0.25) is 0 Å². The fourth-order valence-electron chi connectivity index (χ4n) is 2.68. The van der Waals surface area contributed by atoms with Crippen LogP contribution in [0.4, 0.5) is 0 Å². The van der Waals surface area contributed by atoms with E-state index in [1.807, 2.05) is 18.2 Å². The average Bonchev–Trinajstić information content (AvgIpc) is 2.93. The van der Waals surface area contributed by atoms with Crippen molar-refractivity contribution in [2.45, 2.75) is 5.92 Å². The van der Waals surface area contributed by atoms with Gasteiger partial charge in [-0.1, -0.05) is 30.3 Å². The maximum absolute atomic E-state index is 6.02. The van der Waals surface area contributed by atoms with E-state index in [2.05, 4.69) is 41.5 Å². The van der Waals surface area contributed by atoms with Crippen LogP contribution in [0.3, 0.4) is 0 Å². The molecule has 3 heteroatoms. The lowest BCUT2D eigenvalue weighted by Gasteiger charge is -2.15. The molecule has 0 unspecified atom stereocenters. The average molecular weight is 266 g/mol. The second kappa shape index (κ2) is 5.39. The number of rotatable bonds is 4. The summed E-state index contributed by atoms with van der Waals surface area (Å²) in [6.45, 7) is 0.564. The lowest BCUT2D eigenvalue weighted by atomic mass is 9.91. The smallest absolute Gasteiger partial charge is 0.119 e. The predicted molar refractivity (Wildman–Crippen MR) is 82.2 cm³/mol. The molecule has 0 saturated carbocycles. The maximum atomic E-state index is 6.02. The number of fused-ring (bicyclic) bond motifs is 1. The molecule has 20 heavy (non-hydrogen) atoms. The number of H-pyrrole nitrogens is 1. The first-order chi connectivity index (χ1) is 9.83. The Labute approximate surface area is 118 Å². The maximum Gasteiger partial charge on any atom is 0.119 e. The molecule has 0 spiro atoms. The van der Waals surface area contributed by atoms with Crippen molar-refractivity contribution in [2.24, 2.45) is 5.73 Å². The number of ether oxygens (including phenoxy) is 1. The molecule has 1 atom stereocenters. The zero-order chi connectivity index (χ0) is 13.9. The van der Waals surface area contributed by atoms with Gasteiger partial charge < -0.3 is 15.5 Å². The Morgan fingerprint density at radius 2 is 2.00 bits per heavy atom. The van der Waals surface area contributed by atoms with E-state index < -0.39 is 0 Å². The minimum absolute atomic E-state index is 0.168. The topological polar surface area (TPSA) is 51.0 Å². The van der Waals surface area contributed by atoms with Crippen molar-refractivity contribution in [1.29, 1.82) is 0 Å². The van der Waals surface area contributed by atoms with Gasteiger partial charge in [-0.25, -0.2) is 0 Å². The van der Waals surface area contributed by atoms with E-state index >= 15 is 0 Å². The summed E-state index contributed by atoms with van der Waals surface area (Å²) in [4.78, 5) is 3.31. The number of methoxy groups -OCH3 is 1. The Morgan fingerprint density at radius 3 is 2.80 bits per heavy atom. The van der Waals surface area contributed by atoms with Gasteiger partial charge in [0.1, 0.15) is 5.75 Å². The van der Waals surface area contributed by atoms with E-state index in [4.69, 9.17) is 10.5 Å². The molecule has 1 aromatic heterocycles. The van der Waals surface area contributed by atoms with Gasteiger partial charge in [0.25, 0.3) is 0 Å². The Bertz CT molecular complexity index is 718. The summed E-state index contributed by atoms with van der Waals surface area (Å²) < 4.78 is 5.31. The lowest BCUT2D eigenvalue weighted by molar-refractivity contribution is 0.414. The largest absolute Gasteiger partial charge is 0.497 e. The van der Waals surface area contributed by atoms with Gasteiger partial charge in [0, 0.05) is 29.6 Å². The number of para-hydroxylation sites is 1. The highest BCUT2D eigenvalue weighted by molar-refractivity contribution is 5.84. The van der Waals surface area contributed by atoms with Gasteiger partial charge >= 0.3 is 0 Å². The van der Waals surface area contributed by atoms with Crippen LogP contribution in [0.15, 0.2) is 54.7 Å². The number of hydrogen-bond acceptors (Lipinski definition) is 2. The summed E-state index contributed by atoms with van der Waals surface area (Å²) in [7, 11) is 1.68. The Morgan fingerprint density at radius 1 is 1.15 bits per heavy atom. The standard InChI is InChI=1S/C17H18N2O/c1-20-13-6-4-5-12(9-13)15(10-18)16-11-19-17-8-3-2-7-14(16)17/h2-9,11,15,19H,10,18H2,1H3/t15-/m0/s1. The molecular formula is C17H18N2O. The van der Waals surface area contributed by atoms with Crippen LogP contribution in [0, 0.1) is 0 Å². The highest BCUT2D eigenvalue weighted by atomic mass is 16.5. The van der Waals surface area contributed by atoms with Gasteiger partial charge in [-0.05, 0) is 29.3 Å². The second-order valence-electron chi connectivity index (χ2n) is 4.85. The highest BCUT2D eigenvalue weighted by Crippen LogP contribution is 2.31.